The SMILES string of the molecule is CC[C@@H](C(=O)NC1CCCCC1)N(Cc1cccc(OC)c1)C(=O)CCc1ccccc1Cl. The standard InChI is InChI=1S/C27H35ClN2O3/c1-3-25(27(32)29-22-12-5-4-6-13-22)30(19-20-10-9-14-23(18-20)33-2)26(31)17-16-21-11-7-8-15-24(21)28/h7-11,14-15,18,22,25H,3-6,12-13,16-17,19H2,1-2H3,(H,29,32)/t25-/m0/s1. The first kappa shape index (κ1) is 25.1. The number of benzene rings is 2. The first-order valence-electron chi connectivity index (χ1n) is 12.0. The van der Waals surface area contributed by atoms with Gasteiger partial charge in [-0.05, 0) is 55.0 Å². The summed E-state index contributed by atoms with van der Waals surface area (Å²) in [6.45, 7) is 2.32. The number of halogens is 1. The third-order valence-corrected chi connectivity index (χ3v) is 6.76. The number of amides is 2. The van der Waals surface area contributed by atoms with Gasteiger partial charge in [-0.3, -0.25) is 9.59 Å². The van der Waals surface area contributed by atoms with E-state index in [4.69, 9.17) is 16.3 Å². The van der Waals surface area contributed by atoms with Crippen molar-refractivity contribution in [1.29, 1.82) is 0 Å². The summed E-state index contributed by atoms with van der Waals surface area (Å²) in [4.78, 5) is 28.5. The zero-order chi connectivity index (χ0) is 23.6. The number of ether oxygens (including phenoxy) is 1. The van der Waals surface area contributed by atoms with Gasteiger partial charge in [-0.2, -0.15) is 0 Å². The van der Waals surface area contributed by atoms with Crippen molar-refractivity contribution in [2.24, 2.45) is 0 Å². The molecule has 1 aliphatic rings. The molecular formula is C27H35ClN2O3. The van der Waals surface area contributed by atoms with E-state index in [1.165, 1.54) is 6.42 Å². The van der Waals surface area contributed by atoms with Crippen LogP contribution in [-0.4, -0.2) is 35.9 Å². The van der Waals surface area contributed by atoms with Crippen LogP contribution >= 0.6 is 11.6 Å². The molecule has 0 radical (unpaired) electrons. The number of hydrogen-bond acceptors (Lipinski definition) is 3. The van der Waals surface area contributed by atoms with Crippen LogP contribution in [0, 0.1) is 0 Å². The van der Waals surface area contributed by atoms with E-state index >= 15 is 0 Å². The minimum atomic E-state index is -0.517. The molecule has 1 saturated carbocycles. The lowest BCUT2D eigenvalue weighted by atomic mass is 9.95. The fourth-order valence-corrected chi connectivity index (χ4v) is 4.75. The first-order valence-corrected chi connectivity index (χ1v) is 12.4. The van der Waals surface area contributed by atoms with Gasteiger partial charge in [0, 0.05) is 24.0 Å². The molecule has 0 saturated heterocycles. The predicted octanol–water partition coefficient (Wildman–Crippen LogP) is 5.54. The van der Waals surface area contributed by atoms with Crippen LogP contribution in [0.3, 0.4) is 0 Å². The molecule has 3 rings (SSSR count). The lowest BCUT2D eigenvalue weighted by Crippen LogP contribution is -2.51. The Balaban J connectivity index is 1.78. The van der Waals surface area contributed by atoms with E-state index in [9.17, 15) is 9.59 Å². The molecule has 0 aromatic heterocycles. The van der Waals surface area contributed by atoms with Crippen molar-refractivity contribution in [3.8, 4) is 5.75 Å². The number of carbonyl (C=O) groups excluding carboxylic acids is 2. The summed E-state index contributed by atoms with van der Waals surface area (Å²) in [5.41, 5.74) is 1.87. The van der Waals surface area contributed by atoms with Crippen LogP contribution in [0.2, 0.25) is 5.02 Å². The molecule has 1 fully saturated rings. The highest BCUT2D eigenvalue weighted by molar-refractivity contribution is 6.31. The van der Waals surface area contributed by atoms with E-state index in [0.717, 1.165) is 42.6 Å². The van der Waals surface area contributed by atoms with Crippen LogP contribution in [-0.2, 0) is 22.6 Å². The summed E-state index contributed by atoms with van der Waals surface area (Å²) < 4.78 is 5.35. The summed E-state index contributed by atoms with van der Waals surface area (Å²) in [6, 6.07) is 14.9. The molecule has 33 heavy (non-hydrogen) atoms. The van der Waals surface area contributed by atoms with Gasteiger partial charge < -0.3 is 15.0 Å². The molecule has 1 atom stereocenters. The number of rotatable bonds is 10. The zero-order valence-electron chi connectivity index (χ0n) is 19.7. The molecule has 2 amide bonds. The van der Waals surface area contributed by atoms with E-state index in [0.29, 0.717) is 30.8 Å². The lowest BCUT2D eigenvalue weighted by Gasteiger charge is -2.33. The van der Waals surface area contributed by atoms with Crippen molar-refractivity contribution >= 4 is 23.4 Å². The van der Waals surface area contributed by atoms with E-state index in [1.807, 2.05) is 55.5 Å². The molecule has 0 heterocycles. The molecule has 0 aliphatic heterocycles. The Labute approximate surface area is 202 Å². The van der Waals surface area contributed by atoms with Crippen molar-refractivity contribution < 1.29 is 14.3 Å². The molecule has 1 aliphatic carbocycles. The molecule has 6 heteroatoms. The molecular weight excluding hydrogens is 436 g/mol. The molecule has 0 bridgehead atoms. The van der Waals surface area contributed by atoms with Gasteiger partial charge in [0.05, 0.1) is 7.11 Å². The van der Waals surface area contributed by atoms with Crippen LogP contribution in [0.25, 0.3) is 0 Å². The maximum atomic E-state index is 13.5. The largest absolute Gasteiger partial charge is 0.497 e. The quantitative estimate of drug-likeness (QED) is 0.496. The highest BCUT2D eigenvalue weighted by atomic mass is 35.5. The van der Waals surface area contributed by atoms with Crippen LogP contribution < -0.4 is 10.1 Å². The Bertz CT molecular complexity index is 927. The number of aryl methyl sites for hydroxylation is 1. The second-order valence-corrected chi connectivity index (χ2v) is 9.14. The summed E-state index contributed by atoms with van der Waals surface area (Å²) in [6.07, 6.45) is 6.93. The third-order valence-electron chi connectivity index (χ3n) is 6.39. The minimum Gasteiger partial charge on any atom is -0.497 e. The fourth-order valence-electron chi connectivity index (χ4n) is 4.52. The van der Waals surface area contributed by atoms with Gasteiger partial charge in [-0.15, -0.1) is 0 Å². The maximum absolute atomic E-state index is 13.5. The molecule has 0 unspecified atom stereocenters. The van der Waals surface area contributed by atoms with E-state index in [2.05, 4.69) is 5.32 Å². The van der Waals surface area contributed by atoms with Crippen LogP contribution in [0.1, 0.15) is 63.0 Å². The van der Waals surface area contributed by atoms with Crippen LogP contribution in [0.4, 0.5) is 0 Å². The number of nitrogens with zero attached hydrogens (tertiary/aromatic N) is 1. The lowest BCUT2D eigenvalue weighted by molar-refractivity contribution is -0.141. The number of carbonyl (C=O) groups is 2. The summed E-state index contributed by atoms with van der Waals surface area (Å²) in [5.74, 6) is 0.623. The van der Waals surface area contributed by atoms with Crippen molar-refractivity contribution in [3.63, 3.8) is 0 Å². The Kier molecular flexibility index (Phi) is 9.61. The Morgan fingerprint density at radius 2 is 1.88 bits per heavy atom. The summed E-state index contributed by atoms with van der Waals surface area (Å²) in [5, 5.41) is 3.88. The van der Waals surface area contributed by atoms with Crippen LogP contribution in [0.5, 0.6) is 5.75 Å². The Hall–Kier alpha value is -2.53. The molecule has 5 nitrogen and oxygen atoms in total. The van der Waals surface area contributed by atoms with Gasteiger partial charge in [0.2, 0.25) is 11.8 Å². The topological polar surface area (TPSA) is 58.6 Å². The molecule has 0 spiro atoms. The van der Waals surface area contributed by atoms with Gasteiger partial charge in [0.25, 0.3) is 0 Å². The number of nitrogens with one attached hydrogen (secondary N) is 1. The van der Waals surface area contributed by atoms with Gasteiger partial charge in [0.15, 0.2) is 0 Å². The summed E-state index contributed by atoms with van der Waals surface area (Å²) >= 11 is 6.30. The molecule has 1 N–H and O–H groups in total. The highest BCUT2D eigenvalue weighted by Crippen LogP contribution is 2.22. The minimum absolute atomic E-state index is 0.0524. The summed E-state index contributed by atoms with van der Waals surface area (Å²) in [7, 11) is 1.62. The number of methoxy groups -OCH3 is 1. The number of hydrogen-bond donors (Lipinski definition) is 1. The second-order valence-electron chi connectivity index (χ2n) is 8.73. The third kappa shape index (κ3) is 7.23. The zero-order valence-corrected chi connectivity index (χ0v) is 20.4. The van der Waals surface area contributed by atoms with Gasteiger partial charge in [0.1, 0.15) is 11.8 Å². The van der Waals surface area contributed by atoms with Crippen LogP contribution in [0.15, 0.2) is 48.5 Å². The van der Waals surface area contributed by atoms with Gasteiger partial charge in [-0.1, -0.05) is 68.1 Å². The smallest absolute Gasteiger partial charge is 0.243 e. The molecule has 178 valence electrons. The predicted molar refractivity (Wildman–Crippen MR) is 132 cm³/mol. The molecule has 2 aromatic carbocycles. The van der Waals surface area contributed by atoms with E-state index < -0.39 is 6.04 Å². The average Bonchev–Trinajstić information content (AvgIpc) is 2.84. The van der Waals surface area contributed by atoms with Crippen molar-refractivity contribution in [2.45, 2.75) is 76.9 Å². The molecule has 2 aromatic rings. The van der Waals surface area contributed by atoms with E-state index in [-0.39, 0.29) is 17.9 Å². The average molecular weight is 471 g/mol. The van der Waals surface area contributed by atoms with Gasteiger partial charge >= 0.3 is 0 Å². The van der Waals surface area contributed by atoms with E-state index in [1.54, 1.807) is 12.0 Å². The van der Waals surface area contributed by atoms with Crippen molar-refractivity contribution in [1.82, 2.24) is 10.2 Å². The monoisotopic (exact) mass is 470 g/mol. The maximum Gasteiger partial charge on any atom is 0.243 e. The Morgan fingerprint density at radius 1 is 1.12 bits per heavy atom. The van der Waals surface area contributed by atoms with Crippen molar-refractivity contribution in [3.05, 3.63) is 64.7 Å². The first-order chi connectivity index (χ1) is 16.0. The fraction of sp³-hybridized carbons (Fsp3) is 0.481. The normalized spacial score (nSPS) is 15.0. The van der Waals surface area contributed by atoms with Crippen molar-refractivity contribution in [2.75, 3.05) is 7.11 Å². The Morgan fingerprint density at radius 3 is 2.58 bits per heavy atom. The second kappa shape index (κ2) is 12.6. The highest BCUT2D eigenvalue weighted by Gasteiger charge is 2.30. The van der Waals surface area contributed by atoms with Gasteiger partial charge in [-0.25, -0.2) is 0 Å².